The van der Waals surface area contributed by atoms with Crippen molar-refractivity contribution in [2.45, 2.75) is 19.3 Å². The van der Waals surface area contributed by atoms with E-state index >= 15 is 0 Å². The minimum Gasteiger partial charge on any atom is -0.493 e. The molecule has 0 aliphatic heterocycles. The summed E-state index contributed by atoms with van der Waals surface area (Å²) in [6.07, 6.45) is 0.867. The van der Waals surface area contributed by atoms with Crippen LogP contribution in [0.25, 0.3) is 10.9 Å². The molecule has 1 aromatic heterocycles. The maximum atomic E-state index is 6.18. The average Bonchev–Trinajstić information content (AvgIpc) is 2.91. The molecular formula is C21H26N2O2. The van der Waals surface area contributed by atoms with Gasteiger partial charge in [0.15, 0.2) is 11.5 Å². The van der Waals surface area contributed by atoms with Gasteiger partial charge in [-0.15, -0.1) is 0 Å². The molecule has 0 aliphatic carbocycles. The SMILES string of the molecule is COc1ccc(CC(CN)c2c(C)n(C)c3ccccc23)cc1OC. The van der Waals surface area contributed by atoms with Gasteiger partial charge >= 0.3 is 0 Å². The van der Waals surface area contributed by atoms with Gasteiger partial charge in [0.1, 0.15) is 0 Å². The first-order valence-corrected chi connectivity index (χ1v) is 8.55. The smallest absolute Gasteiger partial charge is 0.160 e. The van der Waals surface area contributed by atoms with Crippen LogP contribution in [0.2, 0.25) is 0 Å². The molecule has 3 aromatic rings. The Bertz CT molecular complexity index is 883. The van der Waals surface area contributed by atoms with Crippen LogP contribution in [0.15, 0.2) is 42.5 Å². The molecule has 132 valence electrons. The maximum Gasteiger partial charge on any atom is 0.160 e. The Morgan fingerprint density at radius 3 is 2.44 bits per heavy atom. The quantitative estimate of drug-likeness (QED) is 0.744. The predicted molar refractivity (Wildman–Crippen MR) is 103 cm³/mol. The molecule has 0 saturated heterocycles. The van der Waals surface area contributed by atoms with E-state index in [9.17, 15) is 0 Å². The average molecular weight is 338 g/mol. The van der Waals surface area contributed by atoms with E-state index in [0.717, 1.165) is 17.9 Å². The number of nitrogens with zero attached hydrogens (tertiary/aromatic N) is 1. The number of ether oxygens (including phenoxy) is 2. The minimum absolute atomic E-state index is 0.254. The molecule has 1 heterocycles. The number of hydrogen-bond acceptors (Lipinski definition) is 3. The Kier molecular flexibility index (Phi) is 5.00. The zero-order chi connectivity index (χ0) is 18.0. The summed E-state index contributed by atoms with van der Waals surface area (Å²) in [4.78, 5) is 0. The number of methoxy groups -OCH3 is 2. The molecule has 0 bridgehead atoms. The molecule has 1 unspecified atom stereocenters. The Balaban J connectivity index is 2.01. The molecule has 0 aliphatic rings. The van der Waals surface area contributed by atoms with Crippen molar-refractivity contribution in [2.75, 3.05) is 20.8 Å². The van der Waals surface area contributed by atoms with Gasteiger partial charge in [0, 0.05) is 29.6 Å². The largest absolute Gasteiger partial charge is 0.493 e. The normalized spacial score (nSPS) is 12.4. The summed E-state index contributed by atoms with van der Waals surface area (Å²) >= 11 is 0. The summed E-state index contributed by atoms with van der Waals surface area (Å²) in [5.41, 5.74) is 11.2. The Labute approximate surface area is 149 Å². The molecule has 0 amide bonds. The fourth-order valence-electron chi connectivity index (χ4n) is 3.66. The van der Waals surface area contributed by atoms with Crippen LogP contribution < -0.4 is 15.2 Å². The first-order valence-electron chi connectivity index (χ1n) is 8.55. The van der Waals surface area contributed by atoms with Crippen LogP contribution in [0.5, 0.6) is 11.5 Å². The second-order valence-electron chi connectivity index (χ2n) is 6.40. The molecule has 25 heavy (non-hydrogen) atoms. The Morgan fingerprint density at radius 2 is 1.76 bits per heavy atom. The number of rotatable bonds is 6. The van der Waals surface area contributed by atoms with Crippen molar-refractivity contribution in [3.8, 4) is 11.5 Å². The maximum absolute atomic E-state index is 6.18. The van der Waals surface area contributed by atoms with Crippen molar-refractivity contribution in [2.24, 2.45) is 12.8 Å². The minimum atomic E-state index is 0.254. The van der Waals surface area contributed by atoms with Crippen molar-refractivity contribution in [1.82, 2.24) is 4.57 Å². The number of para-hydroxylation sites is 1. The Hall–Kier alpha value is -2.46. The third-order valence-corrected chi connectivity index (χ3v) is 5.07. The molecule has 4 nitrogen and oxygen atoms in total. The van der Waals surface area contributed by atoms with Gasteiger partial charge in [0.25, 0.3) is 0 Å². The summed E-state index contributed by atoms with van der Waals surface area (Å²) in [6, 6.07) is 14.6. The second-order valence-corrected chi connectivity index (χ2v) is 6.40. The van der Waals surface area contributed by atoms with Crippen LogP contribution in [0.1, 0.15) is 22.7 Å². The topological polar surface area (TPSA) is 49.4 Å². The van der Waals surface area contributed by atoms with Gasteiger partial charge in [-0.05, 0) is 49.2 Å². The molecule has 1 atom stereocenters. The van der Waals surface area contributed by atoms with Gasteiger partial charge in [-0.25, -0.2) is 0 Å². The lowest BCUT2D eigenvalue weighted by atomic mass is 9.90. The van der Waals surface area contributed by atoms with E-state index in [1.54, 1.807) is 14.2 Å². The first kappa shape index (κ1) is 17.4. The zero-order valence-electron chi connectivity index (χ0n) is 15.4. The highest BCUT2D eigenvalue weighted by Crippen LogP contribution is 2.34. The lowest BCUT2D eigenvalue weighted by Crippen LogP contribution is -2.16. The molecule has 0 saturated carbocycles. The highest BCUT2D eigenvalue weighted by Gasteiger charge is 2.20. The van der Waals surface area contributed by atoms with Crippen LogP contribution in [0.3, 0.4) is 0 Å². The van der Waals surface area contributed by atoms with E-state index < -0.39 is 0 Å². The number of hydrogen-bond donors (Lipinski definition) is 1. The molecule has 2 N–H and O–H groups in total. The number of fused-ring (bicyclic) bond motifs is 1. The predicted octanol–water partition coefficient (Wildman–Crippen LogP) is 3.79. The van der Waals surface area contributed by atoms with Crippen LogP contribution in [-0.4, -0.2) is 25.3 Å². The summed E-state index contributed by atoms with van der Waals surface area (Å²) in [7, 11) is 5.43. The van der Waals surface area contributed by atoms with Crippen molar-refractivity contribution in [3.05, 3.63) is 59.3 Å². The number of benzene rings is 2. The highest BCUT2D eigenvalue weighted by atomic mass is 16.5. The van der Waals surface area contributed by atoms with Crippen LogP contribution >= 0.6 is 0 Å². The molecule has 0 fully saturated rings. The molecule has 0 spiro atoms. The van der Waals surface area contributed by atoms with Crippen LogP contribution in [0.4, 0.5) is 0 Å². The lowest BCUT2D eigenvalue weighted by Gasteiger charge is -2.17. The highest BCUT2D eigenvalue weighted by molar-refractivity contribution is 5.86. The van der Waals surface area contributed by atoms with Crippen molar-refractivity contribution >= 4 is 10.9 Å². The van der Waals surface area contributed by atoms with Gasteiger partial charge in [-0.3, -0.25) is 0 Å². The van der Waals surface area contributed by atoms with Gasteiger partial charge < -0.3 is 19.8 Å². The van der Waals surface area contributed by atoms with Gasteiger partial charge in [-0.1, -0.05) is 24.3 Å². The van der Waals surface area contributed by atoms with Gasteiger partial charge in [0.05, 0.1) is 14.2 Å². The van der Waals surface area contributed by atoms with E-state index in [1.807, 2.05) is 12.1 Å². The molecule has 4 heteroatoms. The molecule has 0 radical (unpaired) electrons. The van der Waals surface area contributed by atoms with Gasteiger partial charge in [-0.2, -0.15) is 0 Å². The van der Waals surface area contributed by atoms with Crippen LogP contribution in [0, 0.1) is 6.92 Å². The summed E-state index contributed by atoms with van der Waals surface area (Å²) in [5, 5.41) is 1.29. The standard InChI is InChI=1S/C21H26N2O2/c1-14-21(17-7-5-6-8-18(17)23(14)2)16(13-22)11-15-9-10-19(24-3)20(12-15)25-4/h5-10,12,16H,11,13,22H2,1-4H3. The third-order valence-electron chi connectivity index (χ3n) is 5.07. The van der Waals surface area contributed by atoms with Crippen molar-refractivity contribution in [1.29, 1.82) is 0 Å². The van der Waals surface area contributed by atoms with Crippen molar-refractivity contribution < 1.29 is 9.47 Å². The summed E-state index contributed by atoms with van der Waals surface area (Å²) in [6.45, 7) is 2.77. The summed E-state index contributed by atoms with van der Waals surface area (Å²) in [5.74, 6) is 1.76. The molecule has 2 aromatic carbocycles. The Morgan fingerprint density at radius 1 is 1.04 bits per heavy atom. The van der Waals surface area contributed by atoms with Gasteiger partial charge in [0.2, 0.25) is 0 Å². The van der Waals surface area contributed by atoms with Crippen LogP contribution in [-0.2, 0) is 13.5 Å². The fraction of sp³-hybridized carbons (Fsp3) is 0.333. The molecule has 3 rings (SSSR count). The molecular weight excluding hydrogens is 312 g/mol. The van der Waals surface area contributed by atoms with E-state index in [-0.39, 0.29) is 5.92 Å². The first-order chi connectivity index (χ1) is 12.1. The lowest BCUT2D eigenvalue weighted by molar-refractivity contribution is 0.354. The van der Waals surface area contributed by atoms with Crippen molar-refractivity contribution in [3.63, 3.8) is 0 Å². The zero-order valence-corrected chi connectivity index (χ0v) is 15.4. The number of nitrogens with two attached hydrogens (primary N) is 1. The second kappa shape index (κ2) is 7.19. The summed E-state index contributed by atoms with van der Waals surface area (Å²) < 4.78 is 13.0. The van der Waals surface area contributed by atoms with E-state index in [1.165, 1.54) is 27.7 Å². The van der Waals surface area contributed by atoms with E-state index in [2.05, 4.69) is 48.9 Å². The third kappa shape index (κ3) is 3.10. The monoisotopic (exact) mass is 338 g/mol. The van der Waals surface area contributed by atoms with E-state index in [0.29, 0.717) is 6.54 Å². The number of aromatic nitrogens is 1. The number of aryl methyl sites for hydroxylation is 1. The fourth-order valence-corrected chi connectivity index (χ4v) is 3.66. The van der Waals surface area contributed by atoms with E-state index in [4.69, 9.17) is 15.2 Å².